The van der Waals surface area contributed by atoms with Crippen molar-refractivity contribution in [3.05, 3.63) is 119 Å². The van der Waals surface area contributed by atoms with Gasteiger partial charge in [-0.25, -0.2) is 23.2 Å². The third-order valence-electron chi connectivity index (χ3n) is 5.52. The van der Waals surface area contributed by atoms with E-state index in [1.54, 1.807) is 19.9 Å². The van der Waals surface area contributed by atoms with Crippen molar-refractivity contribution >= 4 is 33.6 Å². The molecular weight excluding hydrogens is 516 g/mol. The van der Waals surface area contributed by atoms with E-state index in [0.717, 1.165) is 18.2 Å². The van der Waals surface area contributed by atoms with Crippen LogP contribution in [0.2, 0.25) is 0 Å². The lowest BCUT2D eigenvalue weighted by atomic mass is 10.0. The third-order valence-corrected chi connectivity index (χ3v) is 7.26. The number of benzene rings is 3. The SMILES string of the molecule is COC(=O)c1ccccc1S(=O)(=O)N(C(N)=NN=C(c1ccccc1)c1ccccc1)c1nc(C)cc(C)n1. The molecule has 3 aromatic carbocycles. The maximum absolute atomic E-state index is 14.1. The Hall–Kier alpha value is -4.90. The molecule has 2 N–H and O–H groups in total. The molecule has 10 nitrogen and oxygen atoms in total. The molecule has 1 aromatic heterocycles. The van der Waals surface area contributed by atoms with Crippen LogP contribution in [0.4, 0.5) is 5.95 Å². The number of sulfonamides is 1. The predicted octanol–water partition coefficient (Wildman–Crippen LogP) is 3.84. The van der Waals surface area contributed by atoms with Crippen LogP contribution in [0.25, 0.3) is 0 Å². The van der Waals surface area contributed by atoms with Gasteiger partial charge in [0.25, 0.3) is 10.0 Å². The van der Waals surface area contributed by atoms with Crippen molar-refractivity contribution in [2.45, 2.75) is 18.7 Å². The van der Waals surface area contributed by atoms with E-state index in [9.17, 15) is 13.2 Å². The van der Waals surface area contributed by atoms with Gasteiger partial charge in [-0.2, -0.15) is 4.31 Å². The van der Waals surface area contributed by atoms with E-state index in [1.165, 1.54) is 24.3 Å². The number of methoxy groups -OCH3 is 1. The van der Waals surface area contributed by atoms with Crippen LogP contribution in [-0.4, -0.2) is 43.1 Å². The summed E-state index contributed by atoms with van der Waals surface area (Å²) in [6, 6.07) is 25.9. The summed E-state index contributed by atoms with van der Waals surface area (Å²) in [7, 11) is -3.40. The Morgan fingerprint density at radius 2 is 1.33 bits per heavy atom. The Balaban J connectivity index is 1.93. The molecule has 0 bridgehead atoms. The summed E-state index contributed by atoms with van der Waals surface area (Å²) in [5, 5.41) is 8.50. The highest BCUT2D eigenvalue weighted by molar-refractivity contribution is 7.93. The number of esters is 1. The number of nitrogens with two attached hydrogens (primary N) is 1. The molecule has 0 radical (unpaired) electrons. The first-order chi connectivity index (χ1) is 18.7. The van der Waals surface area contributed by atoms with Crippen LogP contribution in [0, 0.1) is 13.8 Å². The fourth-order valence-electron chi connectivity index (χ4n) is 3.82. The maximum atomic E-state index is 14.1. The maximum Gasteiger partial charge on any atom is 0.339 e. The Kier molecular flexibility index (Phi) is 8.11. The van der Waals surface area contributed by atoms with Crippen LogP contribution in [0.5, 0.6) is 0 Å². The zero-order valence-corrected chi connectivity index (χ0v) is 22.3. The molecule has 198 valence electrons. The van der Waals surface area contributed by atoms with E-state index in [1.807, 2.05) is 60.7 Å². The first-order valence-corrected chi connectivity index (χ1v) is 13.2. The number of carbonyl (C=O) groups excluding carboxylic acids is 1. The summed E-state index contributed by atoms with van der Waals surface area (Å²) in [5.41, 5.74) is 9.11. The summed E-state index contributed by atoms with van der Waals surface area (Å²) in [6.45, 7) is 3.39. The molecule has 0 saturated heterocycles. The van der Waals surface area contributed by atoms with Gasteiger partial charge in [-0.15, -0.1) is 10.2 Å². The fraction of sp³-hybridized carbons (Fsp3) is 0.107. The molecule has 0 unspecified atom stereocenters. The number of nitrogens with zero attached hydrogens (tertiary/aromatic N) is 5. The number of guanidine groups is 1. The molecule has 0 amide bonds. The van der Waals surface area contributed by atoms with Crippen molar-refractivity contribution in [1.82, 2.24) is 9.97 Å². The van der Waals surface area contributed by atoms with Gasteiger partial charge in [0.2, 0.25) is 11.9 Å². The smallest absolute Gasteiger partial charge is 0.339 e. The number of aromatic nitrogens is 2. The average Bonchev–Trinajstić information content (AvgIpc) is 2.93. The van der Waals surface area contributed by atoms with Gasteiger partial charge >= 0.3 is 5.97 Å². The monoisotopic (exact) mass is 542 g/mol. The minimum Gasteiger partial charge on any atom is -0.465 e. The molecule has 0 atom stereocenters. The van der Waals surface area contributed by atoms with Crippen LogP contribution in [0.15, 0.2) is 106 Å². The molecule has 4 aromatic rings. The van der Waals surface area contributed by atoms with Crippen LogP contribution >= 0.6 is 0 Å². The molecule has 11 heteroatoms. The van der Waals surface area contributed by atoms with E-state index in [-0.39, 0.29) is 16.4 Å². The number of rotatable bonds is 7. The van der Waals surface area contributed by atoms with E-state index in [2.05, 4.69) is 20.2 Å². The largest absolute Gasteiger partial charge is 0.465 e. The van der Waals surface area contributed by atoms with Crippen molar-refractivity contribution in [3.8, 4) is 0 Å². The zero-order chi connectivity index (χ0) is 28.0. The molecule has 39 heavy (non-hydrogen) atoms. The second kappa shape index (κ2) is 11.7. The van der Waals surface area contributed by atoms with Crippen molar-refractivity contribution in [1.29, 1.82) is 0 Å². The number of anilines is 1. The zero-order valence-electron chi connectivity index (χ0n) is 21.5. The van der Waals surface area contributed by atoms with E-state index in [0.29, 0.717) is 21.4 Å². The quantitative estimate of drug-likeness (QED) is 0.162. The molecule has 0 spiro atoms. The van der Waals surface area contributed by atoms with Crippen molar-refractivity contribution < 1.29 is 17.9 Å². The number of hydrogen-bond donors (Lipinski definition) is 1. The molecular formula is C28H26N6O4S. The van der Waals surface area contributed by atoms with Crippen LogP contribution in [0.1, 0.15) is 32.9 Å². The Bertz CT molecular complexity index is 1590. The molecule has 0 aliphatic rings. The summed E-state index contributed by atoms with van der Waals surface area (Å²) < 4.78 is 33.6. The summed E-state index contributed by atoms with van der Waals surface area (Å²) in [5.74, 6) is -1.60. The Morgan fingerprint density at radius 3 is 1.87 bits per heavy atom. The number of hydrogen-bond acceptors (Lipinski definition) is 8. The highest BCUT2D eigenvalue weighted by Crippen LogP contribution is 2.25. The lowest BCUT2D eigenvalue weighted by molar-refractivity contribution is 0.0596. The summed E-state index contributed by atoms with van der Waals surface area (Å²) in [6.07, 6.45) is 0. The Labute approximate surface area is 226 Å². The van der Waals surface area contributed by atoms with Gasteiger partial charge < -0.3 is 10.5 Å². The molecule has 0 fully saturated rings. The van der Waals surface area contributed by atoms with E-state index >= 15 is 0 Å². The molecule has 0 aliphatic heterocycles. The number of aryl methyl sites for hydroxylation is 2. The molecule has 1 heterocycles. The van der Waals surface area contributed by atoms with Gasteiger partial charge in [0, 0.05) is 22.5 Å². The fourth-order valence-corrected chi connectivity index (χ4v) is 5.27. The van der Waals surface area contributed by atoms with Crippen molar-refractivity contribution in [2.75, 3.05) is 11.4 Å². The minimum absolute atomic E-state index is 0.181. The van der Waals surface area contributed by atoms with Crippen LogP contribution < -0.4 is 10.0 Å². The van der Waals surface area contributed by atoms with Gasteiger partial charge in [-0.1, -0.05) is 72.8 Å². The lowest BCUT2D eigenvalue weighted by Gasteiger charge is -2.22. The predicted molar refractivity (Wildman–Crippen MR) is 149 cm³/mol. The summed E-state index contributed by atoms with van der Waals surface area (Å²) >= 11 is 0. The van der Waals surface area contributed by atoms with Crippen LogP contribution in [-0.2, 0) is 14.8 Å². The topological polar surface area (TPSA) is 140 Å². The van der Waals surface area contributed by atoms with Gasteiger partial charge in [-0.05, 0) is 32.0 Å². The van der Waals surface area contributed by atoms with Crippen molar-refractivity contribution in [3.63, 3.8) is 0 Å². The number of ether oxygens (including phenoxy) is 1. The lowest BCUT2D eigenvalue weighted by Crippen LogP contribution is -2.43. The van der Waals surface area contributed by atoms with Gasteiger partial charge in [0.05, 0.1) is 12.7 Å². The highest BCUT2D eigenvalue weighted by Gasteiger charge is 2.34. The normalized spacial score (nSPS) is 11.5. The second-order valence-corrected chi connectivity index (χ2v) is 10.1. The second-order valence-electron chi connectivity index (χ2n) is 8.35. The first-order valence-electron chi connectivity index (χ1n) is 11.8. The third kappa shape index (κ3) is 5.99. The van der Waals surface area contributed by atoms with Crippen LogP contribution in [0.3, 0.4) is 0 Å². The minimum atomic E-state index is -4.57. The van der Waals surface area contributed by atoms with E-state index in [4.69, 9.17) is 10.5 Å². The van der Waals surface area contributed by atoms with Gasteiger partial charge in [0.15, 0.2) is 0 Å². The summed E-state index contributed by atoms with van der Waals surface area (Å²) in [4.78, 5) is 20.7. The first kappa shape index (κ1) is 27.1. The highest BCUT2D eigenvalue weighted by atomic mass is 32.2. The Morgan fingerprint density at radius 1 is 0.821 bits per heavy atom. The van der Waals surface area contributed by atoms with Gasteiger partial charge in [0.1, 0.15) is 10.6 Å². The standard InChI is InChI=1S/C28H26N6O4S/c1-19-18-20(2)31-28(30-19)34(39(36,37)24-17-11-10-16-23(24)26(35)38-3)27(29)33-32-25(21-12-6-4-7-13-21)22-14-8-5-9-15-22/h4-18H,1-3H3,(H2,29,33). The van der Waals surface area contributed by atoms with E-state index < -0.39 is 22.0 Å². The molecule has 4 rings (SSSR count). The average molecular weight is 543 g/mol. The van der Waals surface area contributed by atoms with Gasteiger partial charge in [-0.3, -0.25) is 0 Å². The molecule has 0 saturated carbocycles. The number of carbonyl (C=O) groups is 1. The van der Waals surface area contributed by atoms with Crippen molar-refractivity contribution in [2.24, 2.45) is 15.9 Å². The molecule has 0 aliphatic carbocycles.